The van der Waals surface area contributed by atoms with Crippen molar-refractivity contribution in [1.82, 2.24) is 10.9 Å². The maximum absolute atomic E-state index is 12.8. The third-order valence-electron chi connectivity index (χ3n) is 4.53. The first kappa shape index (κ1) is 24.5. The third-order valence-corrected chi connectivity index (χ3v) is 4.53. The lowest BCUT2D eigenvalue weighted by atomic mass is 10.1. The van der Waals surface area contributed by atoms with Crippen molar-refractivity contribution in [3.05, 3.63) is 96.1 Å². The summed E-state index contributed by atoms with van der Waals surface area (Å²) in [5, 5.41) is 0. The van der Waals surface area contributed by atoms with Crippen LogP contribution in [-0.4, -0.2) is 30.9 Å². The Kier molecular flexibility index (Phi) is 7.99. The fourth-order valence-corrected chi connectivity index (χ4v) is 2.93. The smallest absolute Gasteiger partial charge is 0.362 e. The first-order valence-electron chi connectivity index (χ1n) is 10.0. The van der Waals surface area contributed by atoms with Crippen LogP contribution in [0, 0.1) is 0 Å². The minimum Gasteiger partial charge on any atom is -0.362 e. The van der Waals surface area contributed by atoms with E-state index < -0.39 is 42.7 Å². The van der Waals surface area contributed by atoms with Gasteiger partial charge >= 0.3 is 6.18 Å². The number of alkyl halides is 3. The first-order valence-corrected chi connectivity index (χ1v) is 10.0. The lowest BCUT2D eigenvalue weighted by Gasteiger charge is -2.23. The van der Waals surface area contributed by atoms with E-state index in [-0.39, 0.29) is 5.56 Å². The van der Waals surface area contributed by atoms with Gasteiger partial charge in [0.15, 0.2) is 0 Å². The molecule has 0 saturated carbocycles. The second-order valence-corrected chi connectivity index (χ2v) is 6.97. The molecule has 0 atom stereocenters. The van der Waals surface area contributed by atoms with Gasteiger partial charge in [0.05, 0.1) is 5.56 Å². The summed E-state index contributed by atoms with van der Waals surface area (Å²) in [6.45, 7) is -0.944. The Morgan fingerprint density at radius 3 is 1.76 bits per heavy atom. The molecule has 0 aliphatic heterocycles. The second-order valence-electron chi connectivity index (χ2n) is 6.97. The Morgan fingerprint density at radius 2 is 1.26 bits per heavy atom. The van der Waals surface area contributed by atoms with Gasteiger partial charge in [-0.15, -0.1) is 0 Å². The average Bonchev–Trinajstić information content (AvgIpc) is 2.83. The number of rotatable bonds is 7. The summed E-state index contributed by atoms with van der Waals surface area (Å²) in [7, 11) is 0. The molecule has 7 nitrogen and oxygen atoms in total. The van der Waals surface area contributed by atoms with Crippen LogP contribution in [0.25, 0.3) is 0 Å². The number of para-hydroxylation sites is 2. The molecule has 34 heavy (non-hydrogen) atoms. The normalized spacial score (nSPS) is 10.9. The number of anilines is 2. The van der Waals surface area contributed by atoms with Crippen LogP contribution in [0.5, 0.6) is 0 Å². The van der Waals surface area contributed by atoms with Gasteiger partial charge in [0.25, 0.3) is 17.7 Å². The van der Waals surface area contributed by atoms with E-state index >= 15 is 0 Å². The van der Waals surface area contributed by atoms with Crippen LogP contribution in [0.3, 0.4) is 0 Å². The Bertz CT molecular complexity index is 1080. The minimum atomic E-state index is -4.52. The number of carbonyl (C=O) groups excluding carboxylic acids is 3. The fourth-order valence-electron chi connectivity index (χ4n) is 2.93. The third kappa shape index (κ3) is 6.66. The van der Waals surface area contributed by atoms with Crippen LogP contribution < -0.4 is 15.8 Å². The molecule has 0 radical (unpaired) electrons. The van der Waals surface area contributed by atoms with E-state index in [1.165, 1.54) is 4.90 Å². The predicted octanol–water partition coefficient (Wildman–Crippen LogP) is 3.85. The molecule has 176 valence electrons. The van der Waals surface area contributed by atoms with Crippen molar-refractivity contribution in [3.63, 3.8) is 0 Å². The van der Waals surface area contributed by atoms with Crippen LogP contribution in [0.4, 0.5) is 24.5 Å². The highest BCUT2D eigenvalue weighted by Crippen LogP contribution is 2.29. The number of nitrogens with one attached hydrogen (secondary N) is 2. The number of halogens is 3. The van der Waals surface area contributed by atoms with Crippen LogP contribution in [0.1, 0.15) is 15.9 Å². The summed E-state index contributed by atoms with van der Waals surface area (Å²) >= 11 is 0. The Balaban J connectivity index is 1.50. The van der Waals surface area contributed by atoms with E-state index in [2.05, 4.69) is 10.9 Å². The monoisotopic (exact) mass is 471 g/mol. The maximum atomic E-state index is 12.8. The summed E-state index contributed by atoms with van der Waals surface area (Å²) in [6.07, 6.45) is -4.52. The Morgan fingerprint density at radius 1 is 0.735 bits per heavy atom. The highest BCUT2D eigenvalue weighted by atomic mass is 19.4. The summed E-state index contributed by atoms with van der Waals surface area (Å²) in [4.78, 5) is 38.2. The molecule has 3 amide bonds. The van der Waals surface area contributed by atoms with E-state index in [1.807, 2.05) is 12.1 Å². The molecule has 0 unspecified atom stereocenters. The lowest BCUT2D eigenvalue weighted by molar-refractivity contribution is -0.137. The lowest BCUT2D eigenvalue weighted by Crippen LogP contribution is -2.43. The zero-order chi connectivity index (χ0) is 24.6. The van der Waals surface area contributed by atoms with Gasteiger partial charge in [-0.3, -0.25) is 30.1 Å². The molecule has 0 heterocycles. The van der Waals surface area contributed by atoms with E-state index in [9.17, 15) is 27.6 Å². The van der Waals surface area contributed by atoms with Crippen molar-refractivity contribution in [2.45, 2.75) is 6.18 Å². The standard InChI is InChI=1S/C24H20F3N3O4/c25-24(26,27)18-13-11-17(12-14-18)23(33)29-28-21(31)15-34-16-22(32)30(19-7-3-1-4-8-19)20-9-5-2-6-10-20/h1-14H,15-16H2,(H,28,31)(H,29,33). The molecule has 0 aliphatic rings. The molecular weight excluding hydrogens is 451 g/mol. The molecule has 0 fully saturated rings. The van der Waals surface area contributed by atoms with Gasteiger partial charge in [-0.05, 0) is 48.5 Å². The molecule has 0 spiro atoms. The van der Waals surface area contributed by atoms with Crippen molar-refractivity contribution in [3.8, 4) is 0 Å². The van der Waals surface area contributed by atoms with Crippen LogP contribution in [-0.2, 0) is 20.5 Å². The van der Waals surface area contributed by atoms with Crippen molar-refractivity contribution in [2.75, 3.05) is 18.1 Å². The van der Waals surface area contributed by atoms with E-state index in [0.29, 0.717) is 11.4 Å². The second kappa shape index (κ2) is 11.1. The summed E-state index contributed by atoms with van der Waals surface area (Å²) in [5.74, 6) is -1.98. The minimum absolute atomic E-state index is 0.0780. The van der Waals surface area contributed by atoms with Gasteiger partial charge in [0.2, 0.25) is 0 Å². The number of hydrazine groups is 1. The van der Waals surface area contributed by atoms with E-state index in [1.54, 1.807) is 48.5 Å². The van der Waals surface area contributed by atoms with Gasteiger partial charge in [-0.1, -0.05) is 36.4 Å². The highest BCUT2D eigenvalue weighted by Gasteiger charge is 2.30. The number of carbonyl (C=O) groups is 3. The molecule has 2 N–H and O–H groups in total. The van der Waals surface area contributed by atoms with Crippen LogP contribution in [0.2, 0.25) is 0 Å². The molecule has 3 aromatic rings. The number of hydrogen-bond donors (Lipinski definition) is 2. The molecule has 0 aliphatic carbocycles. The van der Waals surface area contributed by atoms with E-state index in [0.717, 1.165) is 24.3 Å². The van der Waals surface area contributed by atoms with Crippen LogP contribution >= 0.6 is 0 Å². The molecule has 3 aromatic carbocycles. The average molecular weight is 471 g/mol. The molecular formula is C24H20F3N3O4. The van der Waals surface area contributed by atoms with Crippen molar-refractivity contribution in [2.24, 2.45) is 0 Å². The largest absolute Gasteiger partial charge is 0.416 e. The van der Waals surface area contributed by atoms with Gasteiger partial charge in [-0.25, -0.2) is 0 Å². The summed E-state index contributed by atoms with van der Waals surface area (Å²) in [5.41, 5.74) is 4.42. The molecule has 0 bridgehead atoms. The summed E-state index contributed by atoms with van der Waals surface area (Å²) in [6, 6.07) is 21.3. The van der Waals surface area contributed by atoms with Gasteiger partial charge in [-0.2, -0.15) is 13.2 Å². The first-order chi connectivity index (χ1) is 16.3. The Hall–Kier alpha value is -4.18. The van der Waals surface area contributed by atoms with Crippen molar-refractivity contribution in [1.29, 1.82) is 0 Å². The van der Waals surface area contributed by atoms with Crippen LogP contribution in [0.15, 0.2) is 84.9 Å². The zero-order valence-corrected chi connectivity index (χ0v) is 17.7. The number of benzene rings is 3. The molecule has 10 heteroatoms. The van der Waals surface area contributed by atoms with Gasteiger partial charge in [0, 0.05) is 16.9 Å². The number of amides is 3. The topological polar surface area (TPSA) is 87.7 Å². The molecule has 0 saturated heterocycles. The number of nitrogens with zero attached hydrogens (tertiary/aromatic N) is 1. The van der Waals surface area contributed by atoms with Gasteiger partial charge < -0.3 is 4.74 Å². The SMILES string of the molecule is O=C(COCC(=O)N(c1ccccc1)c1ccccc1)NNC(=O)c1ccc(C(F)(F)F)cc1. The fraction of sp³-hybridized carbons (Fsp3) is 0.125. The number of hydrogen-bond acceptors (Lipinski definition) is 4. The summed E-state index contributed by atoms with van der Waals surface area (Å²) < 4.78 is 43.0. The van der Waals surface area contributed by atoms with Gasteiger partial charge in [0.1, 0.15) is 13.2 Å². The highest BCUT2D eigenvalue weighted by molar-refractivity contribution is 6.01. The van der Waals surface area contributed by atoms with Crippen molar-refractivity contribution >= 4 is 29.1 Å². The quantitative estimate of drug-likeness (QED) is 0.513. The molecule has 0 aromatic heterocycles. The van der Waals surface area contributed by atoms with Crippen molar-refractivity contribution < 1.29 is 32.3 Å². The molecule has 3 rings (SSSR count). The van der Waals surface area contributed by atoms with E-state index in [4.69, 9.17) is 4.74 Å². The Labute approximate surface area is 193 Å². The zero-order valence-electron chi connectivity index (χ0n) is 17.7. The predicted molar refractivity (Wildman–Crippen MR) is 118 cm³/mol. The maximum Gasteiger partial charge on any atom is 0.416 e. The number of ether oxygens (including phenoxy) is 1.